The highest BCUT2D eigenvalue weighted by atomic mass is 16.6. The quantitative estimate of drug-likeness (QED) is 0.589. The Kier molecular flexibility index (Phi) is 6.65. The second-order valence-corrected chi connectivity index (χ2v) is 4.73. The van der Waals surface area contributed by atoms with E-state index in [0.717, 1.165) is 12.8 Å². The van der Waals surface area contributed by atoms with Crippen LogP contribution in [0.2, 0.25) is 0 Å². The van der Waals surface area contributed by atoms with Gasteiger partial charge in [0.1, 0.15) is 11.3 Å². The first kappa shape index (κ1) is 16.9. The average Bonchev–Trinajstić information content (AvgIpc) is 2.47. The highest BCUT2D eigenvalue weighted by Gasteiger charge is 2.26. The third kappa shape index (κ3) is 4.18. The van der Waals surface area contributed by atoms with E-state index in [9.17, 15) is 14.9 Å². The number of nitro groups is 1. The minimum atomic E-state index is -0.487. The number of hydrogen-bond donors (Lipinski definition) is 1. The van der Waals surface area contributed by atoms with Crippen molar-refractivity contribution in [1.29, 1.82) is 0 Å². The fraction of sp³-hybridized carbons (Fsp3) is 0.533. The van der Waals surface area contributed by atoms with Crippen molar-refractivity contribution >= 4 is 17.3 Å². The molecule has 6 heteroatoms. The number of anilines is 1. The number of carbonyl (C=O) groups excluding carboxylic acids is 1. The van der Waals surface area contributed by atoms with E-state index in [1.807, 2.05) is 20.8 Å². The molecule has 0 spiro atoms. The SMILES string of the molecule is CCCCN(CC)C(=O)c1cccc(NCC)c1[N+](=O)[O-]. The van der Waals surface area contributed by atoms with Gasteiger partial charge in [0, 0.05) is 19.6 Å². The number of benzene rings is 1. The molecule has 1 amide bonds. The summed E-state index contributed by atoms with van der Waals surface area (Å²) in [5.41, 5.74) is 0.399. The Labute approximate surface area is 125 Å². The van der Waals surface area contributed by atoms with Gasteiger partial charge < -0.3 is 10.2 Å². The minimum absolute atomic E-state index is 0.140. The molecule has 0 unspecified atom stereocenters. The molecule has 21 heavy (non-hydrogen) atoms. The summed E-state index contributed by atoms with van der Waals surface area (Å²) in [4.78, 5) is 25.1. The summed E-state index contributed by atoms with van der Waals surface area (Å²) < 4.78 is 0. The first-order valence-corrected chi connectivity index (χ1v) is 7.37. The van der Waals surface area contributed by atoms with E-state index in [4.69, 9.17) is 0 Å². The van der Waals surface area contributed by atoms with Crippen molar-refractivity contribution < 1.29 is 9.72 Å². The van der Waals surface area contributed by atoms with E-state index in [-0.39, 0.29) is 17.2 Å². The molecule has 1 aromatic rings. The normalized spacial score (nSPS) is 10.2. The molecule has 0 aliphatic rings. The van der Waals surface area contributed by atoms with Crippen molar-refractivity contribution in [2.45, 2.75) is 33.6 Å². The Morgan fingerprint density at radius 3 is 2.57 bits per heavy atom. The minimum Gasteiger partial charge on any atom is -0.380 e. The molecule has 116 valence electrons. The maximum Gasteiger partial charge on any atom is 0.305 e. The second-order valence-electron chi connectivity index (χ2n) is 4.73. The van der Waals surface area contributed by atoms with E-state index in [1.165, 1.54) is 6.07 Å². The third-order valence-electron chi connectivity index (χ3n) is 3.27. The fourth-order valence-electron chi connectivity index (χ4n) is 2.17. The van der Waals surface area contributed by atoms with Gasteiger partial charge in [-0.1, -0.05) is 19.4 Å². The summed E-state index contributed by atoms with van der Waals surface area (Å²) in [6, 6.07) is 4.82. The van der Waals surface area contributed by atoms with Gasteiger partial charge in [-0.2, -0.15) is 0 Å². The predicted molar refractivity (Wildman–Crippen MR) is 83.7 cm³/mol. The number of para-hydroxylation sites is 1. The van der Waals surface area contributed by atoms with Crippen LogP contribution in [0.5, 0.6) is 0 Å². The Bertz CT molecular complexity index is 503. The van der Waals surface area contributed by atoms with Gasteiger partial charge in [-0.25, -0.2) is 0 Å². The van der Waals surface area contributed by atoms with E-state index in [1.54, 1.807) is 17.0 Å². The van der Waals surface area contributed by atoms with E-state index < -0.39 is 4.92 Å². The lowest BCUT2D eigenvalue weighted by Crippen LogP contribution is -2.32. The molecule has 0 aliphatic heterocycles. The van der Waals surface area contributed by atoms with Gasteiger partial charge in [0.2, 0.25) is 0 Å². The molecule has 0 aromatic heterocycles. The zero-order valence-electron chi connectivity index (χ0n) is 12.9. The van der Waals surface area contributed by atoms with Crippen molar-refractivity contribution in [2.24, 2.45) is 0 Å². The molecule has 0 aliphatic carbocycles. The number of hydrogen-bond acceptors (Lipinski definition) is 4. The van der Waals surface area contributed by atoms with Gasteiger partial charge in [0.25, 0.3) is 5.91 Å². The van der Waals surface area contributed by atoms with Crippen LogP contribution in [0.3, 0.4) is 0 Å². The van der Waals surface area contributed by atoms with Crippen LogP contribution in [0.25, 0.3) is 0 Å². The molecule has 0 atom stereocenters. The number of rotatable bonds is 8. The number of amides is 1. The Hall–Kier alpha value is -2.11. The zero-order chi connectivity index (χ0) is 15.8. The molecule has 0 saturated carbocycles. The van der Waals surface area contributed by atoms with Gasteiger partial charge in [-0.05, 0) is 32.4 Å². The first-order chi connectivity index (χ1) is 10.1. The highest BCUT2D eigenvalue weighted by Crippen LogP contribution is 2.29. The van der Waals surface area contributed by atoms with Gasteiger partial charge in [0.15, 0.2) is 0 Å². The number of nitrogens with one attached hydrogen (secondary N) is 1. The lowest BCUT2D eigenvalue weighted by atomic mass is 10.1. The van der Waals surface area contributed by atoms with Crippen molar-refractivity contribution in [3.8, 4) is 0 Å². The Balaban J connectivity index is 3.18. The molecular formula is C15H23N3O3. The van der Waals surface area contributed by atoms with Crippen molar-refractivity contribution in [1.82, 2.24) is 4.90 Å². The predicted octanol–water partition coefficient (Wildman–Crippen LogP) is 3.29. The molecule has 0 fully saturated rings. The summed E-state index contributed by atoms with van der Waals surface area (Å²) in [7, 11) is 0. The topological polar surface area (TPSA) is 75.5 Å². The van der Waals surface area contributed by atoms with Gasteiger partial charge in [-0.15, -0.1) is 0 Å². The van der Waals surface area contributed by atoms with Crippen LogP contribution in [0.4, 0.5) is 11.4 Å². The van der Waals surface area contributed by atoms with Gasteiger partial charge >= 0.3 is 5.69 Å². The summed E-state index contributed by atoms with van der Waals surface area (Å²) in [6.45, 7) is 7.51. The van der Waals surface area contributed by atoms with Crippen LogP contribution in [0, 0.1) is 10.1 Å². The van der Waals surface area contributed by atoms with Crippen LogP contribution < -0.4 is 5.32 Å². The largest absolute Gasteiger partial charge is 0.380 e. The number of nitrogens with zero attached hydrogens (tertiary/aromatic N) is 2. The highest BCUT2D eigenvalue weighted by molar-refractivity contribution is 6.00. The lowest BCUT2D eigenvalue weighted by Gasteiger charge is -2.21. The number of unbranched alkanes of at least 4 members (excludes halogenated alkanes) is 1. The first-order valence-electron chi connectivity index (χ1n) is 7.37. The van der Waals surface area contributed by atoms with Crippen molar-refractivity contribution in [2.75, 3.05) is 25.0 Å². The zero-order valence-corrected chi connectivity index (χ0v) is 12.9. The Morgan fingerprint density at radius 1 is 1.33 bits per heavy atom. The van der Waals surface area contributed by atoms with Crippen molar-refractivity contribution in [3.05, 3.63) is 33.9 Å². The summed E-state index contributed by atoms with van der Waals surface area (Å²) in [6.07, 6.45) is 1.86. The maximum atomic E-state index is 12.6. The molecular weight excluding hydrogens is 270 g/mol. The number of nitro benzene ring substituents is 1. The molecule has 0 bridgehead atoms. The maximum absolute atomic E-state index is 12.6. The van der Waals surface area contributed by atoms with Gasteiger partial charge in [0.05, 0.1) is 4.92 Å². The lowest BCUT2D eigenvalue weighted by molar-refractivity contribution is -0.384. The average molecular weight is 293 g/mol. The summed E-state index contributed by atoms with van der Waals surface area (Å²) in [5.74, 6) is -0.280. The van der Waals surface area contributed by atoms with Gasteiger partial charge in [-0.3, -0.25) is 14.9 Å². The van der Waals surface area contributed by atoms with Crippen LogP contribution in [-0.2, 0) is 0 Å². The molecule has 0 radical (unpaired) electrons. The summed E-state index contributed by atoms with van der Waals surface area (Å²) in [5, 5.41) is 14.3. The van der Waals surface area contributed by atoms with E-state index in [0.29, 0.717) is 25.3 Å². The Morgan fingerprint density at radius 2 is 2.05 bits per heavy atom. The molecule has 1 N–H and O–H groups in total. The molecule has 6 nitrogen and oxygen atoms in total. The van der Waals surface area contributed by atoms with Crippen LogP contribution in [-0.4, -0.2) is 35.4 Å². The molecule has 1 rings (SSSR count). The molecule has 0 saturated heterocycles. The fourth-order valence-corrected chi connectivity index (χ4v) is 2.17. The van der Waals surface area contributed by atoms with Crippen molar-refractivity contribution in [3.63, 3.8) is 0 Å². The monoisotopic (exact) mass is 293 g/mol. The standard InChI is InChI=1S/C15H23N3O3/c1-4-7-11-17(6-3)15(19)12-9-8-10-13(16-5-2)14(12)18(20)21/h8-10,16H,4-7,11H2,1-3H3. The molecule has 1 aromatic carbocycles. The van der Waals surface area contributed by atoms with Crippen LogP contribution in [0.1, 0.15) is 44.0 Å². The third-order valence-corrected chi connectivity index (χ3v) is 3.27. The second kappa shape index (κ2) is 8.24. The van der Waals surface area contributed by atoms with Crippen LogP contribution in [0.15, 0.2) is 18.2 Å². The van der Waals surface area contributed by atoms with E-state index >= 15 is 0 Å². The smallest absolute Gasteiger partial charge is 0.305 e. The molecule has 0 heterocycles. The summed E-state index contributed by atoms with van der Waals surface area (Å²) >= 11 is 0. The van der Waals surface area contributed by atoms with E-state index in [2.05, 4.69) is 5.32 Å². The van der Waals surface area contributed by atoms with Crippen LogP contribution >= 0.6 is 0 Å². The number of carbonyl (C=O) groups is 1.